The van der Waals surface area contributed by atoms with E-state index in [1.807, 2.05) is 13.1 Å². The molecule has 0 radical (unpaired) electrons. The molecule has 0 aromatic heterocycles. The Hall–Kier alpha value is -1.42. The SMILES string of the molecule is CNCCCNS(=O)(=O)c1cccc(C)c1C#N. The van der Waals surface area contributed by atoms with Crippen LogP contribution in [0.5, 0.6) is 0 Å². The summed E-state index contributed by atoms with van der Waals surface area (Å²) in [5.74, 6) is 0. The Labute approximate surface area is 108 Å². The molecule has 0 aliphatic heterocycles. The van der Waals surface area contributed by atoms with Gasteiger partial charge >= 0.3 is 0 Å². The summed E-state index contributed by atoms with van der Waals surface area (Å²) in [5.41, 5.74) is 0.870. The Kier molecular flexibility index (Phi) is 5.28. The largest absolute Gasteiger partial charge is 0.320 e. The van der Waals surface area contributed by atoms with Crippen LogP contribution in [0.15, 0.2) is 23.1 Å². The van der Waals surface area contributed by atoms with Crippen LogP contribution in [0.25, 0.3) is 0 Å². The van der Waals surface area contributed by atoms with Gasteiger partial charge in [0.15, 0.2) is 0 Å². The maximum Gasteiger partial charge on any atom is 0.241 e. The molecule has 0 unspecified atom stereocenters. The summed E-state index contributed by atoms with van der Waals surface area (Å²) in [6.45, 7) is 2.81. The number of nitrogens with one attached hydrogen (secondary N) is 2. The van der Waals surface area contributed by atoms with Gasteiger partial charge in [0.25, 0.3) is 0 Å². The number of aryl methyl sites for hydroxylation is 1. The lowest BCUT2D eigenvalue weighted by Crippen LogP contribution is -2.27. The number of hydrogen-bond donors (Lipinski definition) is 2. The highest BCUT2D eigenvalue weighted by Gasteiger charge is 2.18. The lowest BCUT2D eigenvalue weighted by atomic mass is 10.1. The van der Waals surface area contributed by atoms with E-state index in [2.05, 4.69) is 10.0 Å². The van der Waals surface area contributed by atoms with Crippen LogP contribution in [0.4, 0.5) is 0 Å². The van der Waals surface area contributed by atoms with Gasteiger partial charge < -0.3 is 5.32 Å². The van der Waals surface area contributed by atoms with E-state index in [0.717, 1.165) is 6.54 Å². The zero-order chi connectivity index (χ0) is 13.6. The second kappa shape index (κ2) is 6.50. The molecule has 6 heteroatoms. The summed E-state index contributed by atoms with van der Waals surface area (Å²) in [4.78, 5) is 0.0504. The minimum Gasteiger partial charge on any atom is -0.320 e. The average molecular weight is 267 g/mol. The third-order valence-corrected chi connectivity index (χ3v) is 4.03. The predicted octanol–water partition coefficient (Wildman–Crippen LogP) is 0.755. The van der Waals surface area contributed by atoms with Crippen molar-refractivity contribution in [2.24, 2.45) is 0 Å². The van der Waals surface area contributed by atoms with Gasteiger partial charge in [-0.2, -0.15) is 5.26 Å². The Morgan fingerprint density at radius 2 is 2.06 bits per heavy atom. The van der Waals surface area contributed by atoms with E-state index in [-0.39, 0.29) is 10.5 Å². The fourth-order valence-electron chi connectivity index (χ4n) is 1.56. The van der Waals surface area contributed by atoms with Gasteiger partial charge in [-0.05, 0) is 38.6 Å². The third kappa shape index (κ3) is 3.53. The first-order valence-electron chi connectivity index (χ1n) is 5.67. The van der Waals surface area contributed by atoms with Crippen LogP contribution in [-0.2, 0) is 10.0 Å². The van der Waals surface area contributed by atoms with E-state index < -0.39 is 10.0 Å². The molecule has 2 N–H and O–H groups in total. The summed E-state index contributed by atoms with van der Waals surface area (Å²) in [6.07, 6.45) is 0.698. The molecule has 0 spiro atoms. The number of hydrogen-bond acceptors (Lipinski definition) is 4. The van der Waals surface area contributed by atoms with Crippen molar-refractivity contribution in [3.63, 3.8) is 0 Å². The second-order valence-electron chi connectivity index (χ2n) is 3.91. The molecule has 0 saturated heterocycles. The first-order valence-corrected chi connectivity index (χ1v) is 7.15. The molecule has 0 amide bonds. The Morgan fingerprint density at radius 3 is 2.67 bits per heavy atom. The Bertz CT molecular complexity index is 547. The smallest absolute Gasteiger partial charge is 0.241 e. The van der Waals surface area contributed by atoms with Crippen molar-refractivity contribution in [3.05, 3.63) is 29.3 Å². The molecular weight excluding hydrogens is 250 g/mol. The normalized spacial score (nSPS) is 11.2. The lowest BCUT2D eigenvalue weighted by Gasteiger charge is -2.09. The molecule has 1 aromatic rings. The third-order valence-electron chi connectivity index (χ3n) is 2.53. The molecule has 18 heavy (non-hydrogen) atoms. The van der Waals surface area contributed by atoms with E-state index >= 15 is 0 Å². The highest BCUT2D eigenvalue weighted by atomic mass is 32.2. The predicted molar refractivity (Wildman–Crippen MR) is 69.6 cm³/mol. The molecule has 0 fully saturated rings. The van der Waals surface area contributed by atoms with Crippen LogP contribution in [0.1, 0.15) is 17.5 Å². The van der Waals surface area contributed by atoms with Crippen LogP contribution in [0, 0.1) is 18.3 Å². The topological polar surface area (TPSA) is 82.0 Å². The first-order chi connectivity index (χ1) is 8.53. The fraction of sp³-hybridized carbons (Fsp3) is 0.417. The van der Waals surface area contributed by atoms with Crippen molar-refractivity contribution in [1.29, 1.82) is 5.26 Å². The van der Waals surface area contributed by atoms with Crippen LogP contribution in [-0.4, -0.2) is 28.6 Å². The highest BCUT2D eigenvalue weighted by molar-refractivity contribution is 7.89. The van der Waals surface area contributed by atoms with Gasteiger partial charge in [0.05, 0.1) is 10.5 Å². The highest BCUT2D eigenvalue weighted by Crippen LogP contribution is 2.18. The van der Waals surface area contributed by atoms with Crippen molar-refractivity contribution in [2.75, 3.05) is 20.1 Å². The summed E-state index contributed by atoms with van der Waals surface area (Å²) in [5, 5.41) is 12.0. The summed E-state index contributed by atoms with van der Waals surface area (Å²) in [6, 6.07) is 6.75. The van der Waals surface area contributed by atoms with Gasteiger partial charge in [-0.1, -0.05) is 12.1 Å². The number of benzene rings is 1. The van der Waals surface area contributed by atoms with Gasteiger partial charge in [-0.3, -0.25) is 0 Å². The number of nitrogens with zero attached hydrogens (tertiary/aromatic N) is 1. The van der Waals surface area contributed by atoms with Crippen LogP contribution in [0.2, 0.25) is 0 Å². The molecule has 0 bridgehead atoms. The second-order valence-corrected chi connectivity index (χ2v) is 5.65. The first kappa shape index (κ1) is 14.6. The van der Waals surface area contributed by atoms with Crippen molar-refractivity contribution in [3.8, 4) is 6.07 Å². The zero-order valence-electron chi connectivity index (χ0n) is 10.5. The van der Waals surface area contributed by atoms with E-state index in [1.165, 1.54) is 6.07 Å². The molecule has 1 aromatic carbocycles. The van der Waals surface area contributed by atoms with Gasteiger partial charge in [0.1, 0.15) is 6.07 Å². The van der Waals surface area contributed by atoms with Crippen molar-refractivity contribution in [2.45, 2.75) is 18.2 Å². The van der Waals surface area contributed by atoms with Crippen molar-refractivity contribution in [1.82, 2.24) is 10.0 Å². The van der Waals surface area contributed by atoms with Gasteiger partial charge in [-0.25, -0.2) is 13.1 Å². The molecular formula is C12H17N3O2S. The number of sulfonamides is 1. The van der Waals surface area contributed by atoms with E-state index in [4.69, 9.17) is 5.26 Å². The van der Waals surface area contributed by atoms with Crippen molar-refractivity contribution < 1.29 is 8.42 Å². The molecule has 0 aliphatic carbocycles. The lowest BCUT2D eigenvalue weighted by molar-refractivity contribution is 0.577. The summed E-state index contributed by atoms with van der Waals surface area (Å²) >= 11 is 0. The minimum atomic E-state index is -3.61. The summed E-state index contributed by atoms with van der Waals surface area (Å²) < 4.78 is 26.6. The van der Waals surface area contributed by atoms with Crippen LogP contribution < -0.4 is 10.0 Å². The van der Waals surface area contributed by atoms with Crippen LogP contribution in [0.3, 0.4) is 0 Å². The molecule has 5 nitrogen and oxygen atoms in total. The van der Waals surface area contributed by atoms with E-state index in [0.29, 0.717) is 18.5 Å². The van der Waals surface area contributed by atoms with E-state index in [9.17, 15) is 8.42 Å². The van der Waals surface area contributed by atoms with Gasteiger partial charge in [0.2, 0.25) is 10.0 Å². The number of rotatable bonds is 6. The monoisotopic (exact) mass is 267 g/mol. The standard InChI is InChI=1S/C12H17N3O2S/c1-10-5-3-6-12(11(10)9-13)18(16,17)15-8-4-7-14-2/h3,5-6,14-15H,4,7-8H2,1-2H3. The molecule has 0 heterocycles. The zero-order valence-corrected chi connectivity index (χ0v) is 11.3. The Morgan fingerprint density at radius 1 is 1.33 bits per heavy atom. The molecule has 0 saturated carbocycles. The average Bonchev–Trinajstić information content (AvgIpc) is 2.34. The molecule has 0 aliphatic rings. The van der Waals surface area contributed by atoms with Gasteiger partial charge in [-0.15, -0.1) is 0 Å². The van der Waals surface area contributed by atoms with Crippen LogP contribution >= 0.6 is 0 Å². The number of nitriles is 1. The van der Waals surface area contributed by atoms with E-state index in [1.54, 1.807) is 19.1 Å². The Balaban J connectivity index is 2.93. The molecule has 0 atom stereocenters. The molecule has 98 valence electrons. The summed E-state index contributed by atoms with van der Waals surface area (Å²) in [7, 11) is -1.80. The fourth-order valence-corrected chi connectivity index (χ4v) is 2.86. The quantitative estimate of drug-likeness (QED) is 0.745. The van der Waals surface area contributed by atoms with Crippen molar-refractivity contribution >= 4 is 10.0 Å². The van der Waals surface area contributed by atoms with Gasteiger partial charge in [0, 0.05) is 6.54 Å². The molecule has 1 rings (SSSR count). The maximum absolute atomic E-state index is 12.0. The minimum absolute atomic E-state index is 0.0504. The maximum atomic E-state index is 12.0.